The van der Waals surface area contributed by atoms with Crippen molar-refractivity contribution < 1.29 is 9.90 Å². The summed E-state index contributed by atoms with van der Waals surface area (Å²) in [5, 5.41) is 9.18. The zero-order valence-corrected chi connectivity index (χ0v) is 12.3. The Bertz CT molecular complexity index is 811. The number of nitrogens with zero attached hydrogens (tertiary/aromatic N) is 2. The van der Waals surface area contributed by atoms with E-state index in [0.717, 1.165) is 21.8 Å². The van der Waals surface area contributed by atoms with Gasteiger partial charge in [-0.15, -0.1) is 11.8 Å². The summed E-state index contributed by atoms with van der Waals surface area (Å²) in [7, 11) is 0. The number of carboxylic acids is 1. The maximum Gasteiger partial charge on any atom is 0.336 e. The van der Waals surface area contributed by atoms with Gasteiger partial charge < -0.3 is 9.51 Å². The maximum atomic E-state index is 11.2. The predicted molar refractivity (Wildman–Crippen MR) is 82.9 cm³/mol. The Morgan fingerprint density at radius 3 is 2.86 bits per heavy atom. The van der Waals surface area contributed by atoms with Crippen LogP contribution in [0.25, 0.3) is 5.65 Å². The number of carbonyl (C=O) groups is 1. The number of aromatic nitrogens is 2. The first-order chi connectivity index (χ1) is 10.1. The van der Waals surface area contributed by atoms with Crippen LogP contribution in [0.2, 0.25) is 0 Å². The van der Waals surface area contributed by atoms with Crippen molar-refractivity contribution in [3.05, 3.63) is 65.6 Å². The third-order valence-electron chi connectivity index (χ3n) is 3.22. The van der Waals surface area contributed by atoms with E-state index in [4.69, 9.17) is 0 Å². The van der Waals surface area contributed by atoms with Crippen LogP contribution in [0.15, 0.2) is 53.7 Å². The maximum absolute atomic E-state index is 11.2. The van der Waals surface area contributed by atoms with Gasteiger partial charge in [0.15, 0.2) is 0 Å². The molecule has 0 aliphatic heterocycles. The van der Waals surface area contributed by atoms with Gasteiger partial charge in [-0.25, -0.2) is 9.78 Å². The topological polar surface area (TPSA) is 54.6 Å². The number of rotatable bonds is 4. The fourth-order valence-corrected chi connectivity index (χ4v) is 3.12. The molecule has 0 bridgehead atoms. The molecule has 1 N–H and O–H groups in total. The molecule has 0 radical (unpaired) electrons. The second-order valence-corrected chi connectivity index (χ2v) is 5.76. The molecule has 3 aromatic rings. The summed E-state index contributed by atoms with van der Waals surface area (Å²) in [6, 6.07) is 11.1. The van der Waals surface area contributed by atoms with Crippen molar-refractivity contribution in [3.63, 3.8) is 0 Å². The quantitative estimate of drug-likeness (QED) is 0.747. The lowest BCUT2D eigenvalue weighted by Gasteiger charge is -2.03. The van der Waals surface area contributed by atoms with Crippen LogP contribution in [-0.2, 0) is 5.75 Å². The van der Waals surface area contributed by atoms with E-state index in [9.17, 15) is 9.90 Å². The zero-order chi connectivity index (χ0) is 14.8. The lowest BCUT2D eigenvalue weighted by atomic mass is 10.2. The molecule has 0 aliphatic carbocycles. The van der Waals surface area contributed by atoms with E-state index in [2.05, 4.69) is 4.98 Å². The molecule has 21 heavy (non-hydrogen) atoms. The van der Waals surface area contributed by atoms with Gasteiger partial charge in [0.25, 0.3) is 0 Å². The molecule has 0 amide bonds. The highest BCUT2D eigenvalue weighted by Gasteiger charge is 2.10. The Morgan fingerprint density at radius 1 is 1.29 bits per heavy atom. The number of pyridine rings is 1. The first-order valence-corrected chi connectivity index (χ1v) is 7.52. The van der Waals surface area contributed by atoms with Crippen molar-refractivity contribution in [2.75, 3.05) is 0 Å². The highest BCUT2D eigenvalue weighted by atomic mass is 32.2. The van der Waals surface area contributed by atoms with Gasteiger partial charge in [0, 0.05) is 23.0 Å². The first kappa shape index (κ1) is 13.7. The minimum atomic E-state index is -0.899. The average molecular weight is 298 g/mol. The summed E-state index contributed by atoms with van der Waals surface area (Å²) in [5.74, 6) is -0.255. The Morgan fingerprint density at radius 2 is 2.10 bits per heavy atom. The van der Waals surface area contributed by atoms with Crippen molar-refractivity contribution in [1.82, 2.24) is 9.38 Å². The number of carboxylic acid groups (broad SMARTS) is 1. The molecule has 0 aliphatic rings. The molecule has 2 aromatic heterocycles. The van der Waals surface area contributed by atoms with E-state index in [1.807, 2.05) is 48.0 Å². The van der Waals surface area contributed by atoms with Crippen molar-refractivity contribution >= 4 is 23.4 Å². The smallest absolute Gasteiger partial charge is 0.336 e. The normalized spacial score (nSPS) is 10.9. The Hall–Kier alpha value is -2.27. The summed E-state index contributed by atoms with van der Waals surface area (Å²) >= 11 is 1.49. The van der Waals surface area contributed by atoms with Crippen molar-refractivity contribution in [3.8, 4) is 0 Å². The number of hydrogen-bond acceptors (Lipinski definition) is 3. The van der Waals surface area contributed by atoms with Crippen molar-refractivity contribution in [1.29, 1.82) is 0 Å². The molecule has 0 atom stereocenters. The lowest BCUT2D eigenvalue weighted by molar-refractivity contribution is 0.0693. The van der Waals surface area contributed by atoms with Gasteiger partial charge in [-0.05, 0) is 30.7 Å². The minimum absolute atomic E-state index is 0.336. The van der Waals surface area contributed by atoms with Gasteiger partial charge in [0.05, 0.1) is 11.3 Å². The zero-order valence-electron chi connectivity index (χ0n) is 11.5. The second kappa shape index (κ2) is 5.61. The minimum Gasteiger partial charge on any atom is -0.478 e. The van der Waals surface area contributed by atoms with Crippen LogP contribution in [0.3, 0.4) is 0 Å². The first-order valence-electron chi connectivity index (χ1n) is 6.53. The van der Waals surface area contributed by atoms with Crippen LogP contribution in [0.4, 0.5) is 0 Å². The largest absolute Gasteiger partial charge is 0.478 e. The molecule has 5 heteroatoms. The highest BCUT2D eigenvalue weighted by molar-refractivity contribution is 7.98. The summed E-state index contributed by atoms with van der Waals surface area (Å²) in [4.78, 5) is 16.5. The fraction of sp³-hybridized carbons (Fsp3) is 0.125. The average Bonchev–Trinajstić information content (AvgIpc) is 2.90. The van der Waals surface area contributed by atoms with Gasteiger partial charge in [0.2, 0.25) is 0 Å². The van der Waals surface area contributed by atoms with Crippen LogP contribution in [0.5, 0.6) is 0 Å². The molecule has 106 valence electrons. The predicted octanol–water partition coefficient (Wildman–Crippen LogP) is 3.63. The third kappa shape index (κ3) is 2.78. The molecule has 0 saturated carbocycles. The van der Waals surface area contributed by atoms with Crippen LogP contribution >= 0.6 is 11.8 Å². The van der Waals surface area contributed by atoms with Crippen molar-refractivity contribution in [2.45, 2.75) is 17.6 Å². The molecule has 0 fully saturated rings. The number of aromatic carboxylic acids is 1. The molecule has 4 nitrogen and oxygen atoms in total. The molecule has 0 spiro atoms. The highest BCUT2D eigenvalue weighted by Crippen LogP contribution is 2.26. The van der Waals surface area contributed by atoms with Crippen LogP contribution < -0.4 is 0 Å². The number of thioether (sulfide) groups is 1. The van der Waals surface area contributed by atoms with Gasteiger partial charge in [-0.1, -0.05) is 18.2 Å². The Balaban J connectivity index is 1.84. The monoisotopic (exact) mass is 298 g/mol. The van der Waals surface area contributed by atoms with Gasteiger partial charge in [-0.2, -0.15) is 0 Å². The molecule has 0 unspecified atom stereocenters. The number of aryl methyl sites for hydroxylation is 1. The van der Waals surface area contributed by atoms with E-state index in [1.165, 1.54) is 11.8 Å². The van der Waals surface area contributed by atoms with Gasteiger partial charge in [-0.3, -0.25) is 0 Å². The lowest BCUT2D eigenvalue weighted by Crippen LogP contribution is -1.98. The number of hydrogen-bond donors (Lipinski definition) is 1. The summed E-state index contributed by atoms with van der Waals surface area (Å²) in [5.41, 5.74) is 3.34. The number of benzene rings is 1. The van der Waals surface area contributed by atoms with Gasteiger partial charge in [0.1, 0.15) is 5.65 Å². The number of fused-ring (bicyclic) bond motifs is 1. The third-order valence-corrected chi connectivity index (χ3v) is 4.33. The molecule has 2 heterocycles. The standard InChI is InChI=1S/C16H14N2O2S/c1-11-5-4-8-18-9-12(17-15(11)18)10-21-14-7-3-2-6-13(14)16(19)20/h2-9H,10H2,1H3,(H,19,20). The van der Waals surface area contributed by atoms with E-state index in [1.54, 1.807) is 12.1 Å². The van der Waals surface area contributed by atoms with E-state index >= 15 is 0 Å². The van der Waals surface area contributed by atoms with Crippen LogP contribution in [0.1, 0.15) is 21.6 Å². The summed E-state index contributed by atoms with van der Waals surface area (Å²) < 4.78 is 1.99. The van der Waals surface area contributed by atoms with Crippen LogP contribution in [0, 0.1) is 6.92 Å². The Kier molecular flexibility index (Phi) is 3.66. The van der Waals surface area contributed by atoms with Crippen molar-refractivity contribution in [2.24, 2.45) is 0 Å². The Labute approximate surface area is 126 Å². The molecule has 0 saturated heterocycles. The van der Waals surface area contributed by atoms with E-state index in [0.29, 0.717) is 11.3 Å². The summed E-state index contributed by atoms with van der Waals surface area (Å²) in [6.07, 6.45) is 3.95. The molecular formula is C16H14N2O2S. The molecular weight excluding hydrogens is 284 g/mol. The summed E-state index contributed by atoms with van der Waals surface area (Å²) in [6.45, 7) is 2.03. The van der Waals surface area contributed by atoms with Gasteiger partial charge >= 0.3 is 5.97 Å². The van der Waals surface area contributed by atoms with Crippen LogP contribution in [-0.4, -0.2) is 20.5 Å². The second-order valence-electron chi connectivity index (χ2n) is 4.74. The van der Waals surface area contributed by atoms with E-state index < -0.39 is 5.97 Å². The fourth-order valence-electron chi connectivity index (χ4n) is 2.19. The molecule has 1 aromatic carbocycles. The SMILES string of the molecule is Cc1cccn2cc(CSc3ccccc3C(=O)O)nc12. The molecule has 3 rings (SSSR count). The van der Waals surface area contributed by atoms with E-state index in [-0.39, 0.29) is 0 Å². The number of imidazole rings is 1.